The molecule has 138 valence electrons. The SMILES string of the molecule is COc1cc(/C=C2/C(=O)NC(=O)N(c3ccc(O)cc3)C2=O)cc(Cl)c1O. The Hall–Kier alpha value is -3.52. The number of urea groups is 1. The maximum Gasteiger partial charge on any atom is 0.335 e. The van der Waals surface area contributed by atoms with E-state index >= 15 is 0 Å². The van der Waals surface area contributed by atoms with E-state index in [9.17, 15) is 24.6 Å². The topological polar surface area (TPSA) is 116 Å². The van der Waals surface area contributed by atoms with Crippen molar-refractivity contribution in [1.82, 2.24) is 5.32 Å². The number of aromatic hydroxyl groups is 2. The minimum atomic E-state index is -0.908. The van der Waals surface area contributed by atoms with Crippen LogP contribution in [-0.2, 0) is 9.59 Å². The minimum absolute atomic E-state index is 0.0312. The summed E-state index contributed by atoms with van der Waals surface area (Å²) >= 11 is 5.92. The number of carbonyl (C=O) groups is 3. The first-order chi connectivity index (χ1) is 12.8. The first-order valence-electron chi connectivity index (χ1n) is 7.59. The quantitative estimate of drug-likeness (QED) is 0.549. The summed E-state index contributed by atoms with van der Waals surface area (Å²) in [6.45, 7) is 0. The van der Waals surface area contributed by atoms with Crippen molar-refractivity contribution in [2.75, 3.05) is 12.0 Å². The van der Waals surface area contributed by atoms with Crippen molar-refractivity contribution in [2.24, 2.45) is 0 Å². The molecule has 1 aliphatic heterocycles. The van der Waals surface area contributed by atoms with E-state index in [0.717, 1.165) is 4.90 Å². The Morgan fingerprint density at radius 2 is 1.78 bits per heavy atom. The fourth-order valence-corrected chi connectivity index (χ4v) is 2.71. The average molecular weight is 389 g/mol. The first kappa shape index (κ1) is 18.3. The summed E-state index contributed by atoms with van der Waals surface area (Å²) in [6.07, 6.45) is 1.23. The highest BCUT2D eigenvalue weighted by molar-refractivity contribution is 6.39. The lowest BCUT2D eigenvalue weighted by molar-refractivity contribution is -0.122. The van der Waals surface area contributed by atoms with E-state index in [2.05, 4.69) is 5.32 Å². The van der Waals surface area contributed by atoms with E-state index < -0.39 is 17.8 Å². The van der Waals surface area contributed by atoms with Crippen molar-refractivity contribution >= 4 is 41.2 Å². The monoisotopic (exact) mass is 388 g/mol. The van der Waals surface area contributed by atoms with Crippen LogP contribution < -0.4 is 15.0 Å². The summed E-state index contributed by atoms with van der Waals surface area (Å²) in [5.74, 6) is -1.98. The second kappa shape index (κ2) is 7.00. The van der Waals surface area contributed by atoms with Crippen LogP contribution >= 0.6 is 11.6 Å². The van der Waals surface area contributed by atoms with Crippen LogP contribution in [0.3, 0.4) is 0 Å². The van der Waals surface area contributed by atoms with Gasteiger partial charge in [-0.3, -0.25) is 14.9 Å². The molecule has 1 heterocycles. The van der Waals surface area contributed by atoms with Gasteiger partial charge < -0.3 is 14.9 Å². The van der Waals surface area contributed by atoms with Crippen molar-refractivity contribution in [3.8, 4) is 17.2 Å². The van der Waals surface area contributed by atoms with E-state index in [-0.39, 0.29) is 33.5 Å². The molecule has 27 heavy (non-hydrogen) atoms. The Labute approximate surface area is 158 Å². The molecule has 0 saturated carbocycles. The number of phenols is 2. The third kappa shape index (κ3) is 3.42. The van der Waals surface area contributed by atoms with Crippen LogP contribution in [0.1, 0.15) is 5.56 Å². The number of carbonyl (C=O) groups excluding carboxylic acids is 3. The largest absolute Gasteiger partial charge is 0.508 e. The molecule has 3 N–H and O–H groups in total. The van der Waals surface area contributed by atoms with Gasteiger partial charge in [-0.05, 0) is 48.0 Å². The van der Waals surface area contributed by atoms with Gasteiger partial charge in [0.2, 0.25) is 0 Å². The molecule has 4 amide bonds. The van der Waals surface area contributed by atoms with Crippen molar-refractivity contribution in [3.63, 3.8) is 0 Å². The number of anilines is 1. The Balaban J connectivity index is 2.04. The maximum atomic E-state index is 12.7. The third-order valence-electron chi connectivity index (χ3n) is 3.79. The van der Waals surface area contributed by atoms with E-state index in [1.165, 1.54) is 49.6 Å². The van der Waals surface area contributed by atoms with E-state index in [1.807, 2.05) is 0 Å². The molecule has 0 unspecified atom stereocenters. The molecule has 8 nitrogen and oxygen atoms in total. The van der Waals surface area contributed by atoms with Crippen LogP contribution in [0.5, 0.6) is 17.2 Å². The summed E-state index contributed by atoms with van der Waals surface area (Å²) < 4.78 is 4.99. The van der Waals surface area contributed by atoms with Crippen LogP contribution in [0, 0.1) is 0 Å². The number of hydrogen-bond donors (Lipinski definition) is 3. The molecular weight excluding hydrogens is 376 g/mol. The Morgan fingerprint density at radius 1 is 1.11 bits per heavy atom. The molecular formula is C18H13ClN2O6. The number of hydrogen-bond acceptors (Lipinski definition) is 6. The smallest absolute Gasteiger partial charge is 0.335 e. The van der Waals surface area contributed by atoms with Crippen LogP contribution in [0.2, 0.25) is 5.02 Å². The lowest BCUT2D eigenvalue weighted by Crippen LogP contribution is -2.54. The molecule has 0 spiro atoms. The number of benzene rings is 2. The number of amides is 4. The zero-order valence-corrected chi connectivity index (χ0v) is 14.6. The molecule has 0 aliphatic carbocycles. The lowest BCUT2D eigenvalue weighted by Gasteiger charge is -2.26. The average Bonchev–Trinajstić information content (AvgIpc) is 2.62. The van der Waals surface area contributed by atoms with Gasteiger partial charge in [-0.25, -0.2) is 9.69 Å². The molecule has 2 aromatic rings. The van der Waals surface area contributed by atoms with Crippen LogP contribution in [0.25, 0.3) is 6.08 Å². The van der Waals surface area contributed by atoms with Crippen molar-refractivity contribution in [1.29, 1.82) is 0 Å². The molecule has 9 heteroatoms. The normalized spacial score (nSPS) is 15.9. The number of phenolic OH excluding ortho intramolecular Hbond substituents is 2. The molecule has 1 aliphatic rings. The van der Waals surface area contributed by atoms with E-state index in [4.69, 9.17) is 16.3 Å². The van der Waals surface area contributed by atoms with Gasteiger partial charge in [0, 0.05) is 0 Å². The molecule has 0 aromatic heterocycles. The molecule has 1 fully saturated rings. The maximum absolute atomic E-state index is 12.7. The molecule has 3 rings (SSSR count). The van der Waals surface area contributed by atoms with Gasteiger partial charge in [0.25, 0.3) is 11.8 Å². The van der Waals surface area contributed by atoms with Gasteiger partial charge in [0.05, 0.1) is 17.8 Å². The van der Waals surface area contributed by atoms with Gasteiger partial charge in [-0.2, -0.15) is 0 Å². The summed E-state index contributed by atoms with van der Waals surface area (Å²) in [5, 5.41) is 21.2. The first-order valence-corrected chi connectivity index (χ1v) is 7.96. The summed E-state index contributed by atoms with van der Waals surface area (Å²) in [7, 11) is 1.33. The standard InChI is InChI=1S/C18H13ClN2O6/c1-27-14-8-9(7-13(19)15(14)23)6-12-16(24)20-18(26)21(17(12)25)10-2-4-11(22)5-3-10/h2-8,22-23H,1H3,(H,20,24,26)/b12-6-. The lowest BCUT2D eigenvalue weighted by atomic mass is 10.1. The Kier molecular flexibility index (Phi) is 4.74. The molecule has 1 saturated heterocycles. The number of ether oxygens (including phenoxy) is 1. The number of nitrogens with one attached hydrogen (secondary N) is 1. The van der Waals surface area contributed by atoms with Crippen molar-refractivity contribution in [2.45, 2.75) is 0 Å². The number of barbiturate groups is 1. The zero-order valence-electron chi connectivity index (χ0n) is 13.9. The number of halogens is 1. The predicted molar refractivity (Wildman–Crippen MR) is 96.8 cm³/mol. The Bertz CT molecular complexity index is 984. The summed E-state index contributed by atoms with van der Waals surface area (Å²) in [5.41, 5.74) is 0.176. The fourth-order valence-electron chi connectivity index (χ4n) is 2.49. The van der Waals surface area contributed by atoms with E-state index in [0.29, 0.717) is 5.56 Å². The molecule has 0 radical (unpaired) electrons. The number of methoxy groups -OCH3 is 1. The van der Waals surface area contributed by atoms with Crippen LogP contribution in [0.15, 0.2) is 42.0 Å². The van der Waals surface area contributed by atoms with Crippen molar-refractivity contribution < 1.29 is 29.3 Å². The van der Waals surface area contributed by atoms with Gasteiger partial charge >= 0.3 is 6.03 Å². The zero-order chi connectivity index (χ0) is 19.7. The molecule has 2 aromatic carbocycles. The highest BCUT2D eigenvalue weighted by Gasteiger charge is 2.36. The predicted octanol–water partition coefficient (Wildman–Crippen LogP) is 2.43. The second-order valence-corrected chi connectivity index (χ2v) is 5.94. The fraction of sp³-hybridized carbons (Fsp3) is 0.0556. The molecule has 0 atom stereocenters. The van der Waals surface area contributed by atoms with Crippen LogP contribution in [0.4, 0.5) is 10.5 Å². The number of rotatable bonds is 3. The summed E-state index contributed by atoms with van der Waals surface area (Å²) in [6, 6.07) is 7.15. The Morgan fingerprint density at radius 3 is 2.41 bits per heavy atom. The summed E-state index contributed by atoms with van der Waals surface area (Å²) in [4.78, 5) is 37.8. The number of imide groups is 2. The highest BCUT2D eigenvalue weighted by Crippen LogP contribution is 2.36. The minimum Gasteiger partial charge on any atom is -0.508 e. The van der Waals surface area contributed by atoms with Crippen LogP contribution in [-0.4, -0.2) is 35.2 Å². The van der Waals surface area contributed by atoms with Crippen molar-refractivity contribution in [3.05, 3.63) is 52.6 Å². The molecule has 0 bridgehead atoms. The third-order valence-corrected chi connectivity index (χ3v) is 4.08. The van der Waals surface area contributed by atoms with Gasteiger partial charge in [0.15, 0.2) is 11.5 Å². The van der Waals surface area contributed by atoms with Gasteiger partial charge in [0.1, 0.15) is 11.3 Å². The highest BCUT2D eigenvalue weighted by atomic mass is 35.5. The van der Waals surface area contributed by atoms with Gasteiger partial charge in [-0.1, -0.05) is 11.6 Å². The van der Waals surface area contributed by atoms with Gasteiger partial charge in [-0.15, -0.1) is 0 Å². The second-order valence-electron chi connectivity index (χ2n) is 5.53. The van der Waals surface area contributed by atoms with E-state index in [1.54, 1.807) is 0 Å². The number of nitrogens with zero attached hydrogens (tertiary/aromatic N) is 1.